The van der Waals surface area contributed by atoms with Crippen LogP contribution in [0.1, 0.15) is 31.1 Å². The minimum absolute atomic E-state index is 0.397. The van der Waals surface area contributed by atoms with Gasteiger partial charge in [-0.05, 0) is 35.6 Å². The monoisotopic (exact) mass is 226 g/mol. The molecule has 0 bridgehead atoms. The normalized spacial score (nSPS) is 12.4. The molecule has 1 unspecified atom stereocenters. The van der Waals surface area contributed by atoms with Crippen molar-refractivity contribution < 1.29 is 5.11 Å². The van der Waals surface area contributed by atoms with E-state index in [0.29, 0.717) is 0 Å². The molecule has 1 heteroatoms. The molecule has 1 atom stereocenters. The standard InChI is InChI=1S/C16H18O/c1-3-13-5-4-6-16(11-13)15-9-7-14(8-10-15)12(2)17/h4-12,17H,3H2,1-2H3. The van der Waals surface area contributed by atoms with Crippen molar-refractivity contribution in [3.05, 3.63) is 59.7 Å². The van der Waals surface area contributed by atoms with Crippen LogP contribution in [-0.4, -0.2) is 5.11 Å². The van der Waals surface area contributed by atoms with Gasteiger partial charge in [-0.3, -0.25) is 0 Å². The zero-order chi connectivity index (χ0) is 12.3. The maximum absolute atomic E-state index is 9.47. The molecule has 0 aliphatic carbocycles. The Morgan fingerprint density at radius 3 is 2.29 bits per heavy atom. The third-order valence-electron chi connectivity index (χ3n) is 3.06. The van der Waals surface area contributed by atoms with E-state index in [1.807, 2.05) is 12.1 Å². The van der Waals surface area contributed by atoms with E-state index in [4.69, 9.17) is 0 Å². The summed E-state index contributed by atoms with van der Waals surface area (Å²) in [7, 11) is 0. The summed E-state index contributed by atoms with van der Waals surface area (Å²) in [5.41, 5.74) is 4.74. The van der Waals surface area contributed by atoms with E-state index < -0.39 is 6.10 Å². The van der Waals surface area contributed by atoms with Gasteiger partial charge in [0.05, 0.1) is 6.10 Å². The van der Waals surface area contributed by atoms with Gasteiger partial charge in [0.1, 0.15) is 0 Å². The number of hydrogen-bond acceptors (Lipinski definition) is 1. The number of aryl methyl sites for hydroxylation is 1. The van der Waals surface area contributed by atoms with Crippen molar-refractivity contribution in [3.8, 4) is 11.1 Å². The third kappa shape index (κ3) is 2.75. The van der Waals surface area contributed by atoms with Crippen LogP contribution >= 0.6 is 0 Å². The van der Waals surface area contributed by atoms with Crippen molar-refractivity contribution >= 4 is 0 Å². The molecule has 0 saturated heterocycles. The van der Waals surface area contributed by atoms with Gasteiger partial charge < -0.3 is 5.11 Å². The summed E-state index contributed by atoms with van der Waals surface area (Å²) in [5.74, 6) is 0. The van der Waals surface area contributed by atoms with Gasteiger partial charge in [0.2, 0.25) is 0 Å². The molecule has 1 N–H and O–H groups in total. The summed E-state index contributed by atoms with van der Waals surface area (Å²) in [6, 6.07) is 16.7. The lowest BCUT2D eigenvalue weighted by molar-refractivity contribution is 0.199. The summed E-state index contributed by atoms with van der Waals surface area (Å²) in [6.07, 6.45) is 0.658. The lowest BCUT2D eigenvalue weighted by Crippen LogP contribution is -1.90. The molecular formula is C16H18O. The summed E-state index contributed by atoms with van der Waals surface area (Å²) < 4.78 is 0. The number of aliphatic hydroxyl groups is 1. The summed E-state index contributed by atoms with van der Waals surface area (Å²) in [6.45, 7) is 3.95. The molecule has 17 heavy (non-hydrogen) atoms. The molecule has 0 amide bonds. The van der Waals surface area contributed by atoms with E-state index in [1.54, 1.807) is 6.92 Å². The second-order valence-electron chi connectivity index (χ2n) is 4.35. The molecule has 0 aliphatic heterocycles. The van der Waals surface area contributed by atoms with Crippen molar-refractivity contribution in [3.63, 3.8) is 0 Å². The highest BCUT2D eigenvalue weighted by atomic mass is 16.3. The van der Waals surface area contributed by atoms with Crippen LogP contribution in [0.5, 0.6) is 0 Å². The largest absolute Gasteiger partial charge is 0.389 e. The van der Waals surface area contributed by atoms with Crippen LogP contribution in [0, 0.1) is 0 Å². The number of aliphatic hydroxyl groups excluding tert-OH is 1. The summed E-state index contributed by atoms with van der Waals surface area (Å²) >= 11 is 0. The smallest absolute Gasteiger partial charge is 0.0761 e. The van der Waals surface area contributed by atoms with Crippen LogP contribution in [0.25, 0.3) is 11.1 Å². The predicted octanol–water partition coefficient (Wildman–Crippen LogP) is 3.97. The Morgan fingerprint density at radius 2 is 1.71 bits per heavy atom. The lowest BCUT2D eigenvalue weighted by Gasteiger charge is -2.07. The maximum Gasteiger partial charge on any atom is 0.0761 e. The van der Waals surface area contributed by atoms with Crippen molar-refractivity contribution in [2.75, 3.05) is 0 Å². The van der Waals surface area contributed by atoms with Crippen LogP contribution in [0.4, 0.5) is 0 Å². The van der Waals surface area contributed by atoms with Gasteiger partial charge in [-0.15, -0.1) is 0 Å². The fraction of sp³-hybridized carbons (Fsp3) is 0.250. The van der Waals surface area contributed by atoms with E-state index in [9.17, 15) is 5.11 Å². The Hall–Kier alpha value is -1.60. The predicted molar refractivity (Wildman–Crippen MR) is 71.9 cm³/mol. The van der Waals surface area contributed by atoms with Crippen LogP contribution in [0.15, 0.2) is 48.5 Å². The molecule has 0 radical (unpaired) electrons. The van der Waals surface area contributed by atoms with Gasteiger partial charge in [0, 0.05) is 0 Å². The summed E-state index contributed by atoms with van der Waals surface area (Å²) in [4.78, 5) is 0. The maximum atomic E-state index is 9.47. The Kier molecular flexibility index (Phi) is 3.60. The SMILES string of the molecule is CCc1cccc(-c2ccc(C(C)O)cc2)c1. The van der Waals surface area contributed by atoms with Crippen molar-refractivity contribution in [2.24, 2.45) is 0 Å². The highest BCUT2D eigenvalue weighted by molar-refractivity contribution is 5.64. The lowest BCUT2D eigenvalue weighted by atomic mass is 10.00. The van der Waals surface area contributed by atoms with Gasteiger partial charge in [-0.1, -0.05) is 55.5 Å². The van der Waals surface area contributed by atoms with Gasteiger partial charge in [0.15, 0.2) is 0 Å². The van der Waals surface area contributed by atoms with Crippen LogP contribution in [-0.2, 0) is 6.42 Å². The molecule has 0 aliphatic rings. The second-order valence-corrected chi connectivity index (χ2v) is 4.35. The van der Waals surface area contributed by atoms with Gasteiger partial charge in [-0.2, -0.15) is 0 Å². The van der Waals surface area contributed by atoms with Crippen molar-refractivity contribution in [1.29, 1.82) is 0 Å². The molecular weight excluding hydrogens is 208 g/mol. The first-order chi connectivity index (χ1) is 8.20. The zero-order valence-electron chi connectivity index (χ0n) is 10.4. The van der Waals surface area contributed by atoms with Crippen LogP contribution < -0.4 is 0 Å². The molecule has 0 heterocycles. The quantitative estimate of drug-likeness (QED) is 0.839. The van der Waals surface area contributed by atoms with E-state index in [0.717, 1.165) is 12.0 Å². The average Bonchev–Trinajstić information content (AvgIpc) is 2.39. The second kappa shape index (κ2) is 5.15. The number of benzene rings is 2. The molecule has 0 aromatic heterocycles. The molecule has 88 valence electrons. The summed E-state index contributed by atoms with van der Waals surface area (Å²) in [5, 5.41) is 9.47. The molecule has 2 aromatic rings. The zero-order valence-corrected chi connectivity index (χ0v) is 10.4. The molecule has 2 aromatic carbocycles. The first kappa shape index (κ1) is 11.9. The first-order valence-electron chi connectivity index (χ1n) is 6.08. The number of rotatable bonds is 3. The third-order valence-corrected chi connectivity index (χ3v) is 3.06. The fourth-order valence-corrected chi connectivity index (χ4v) is 1.92. The van der Waals surface area contributed by atoms with Gasteiger partial charge in [0.25, 0.3) is 0 Å². The van der Waals surface area contributed by atoms with E-state index in [2.05, 4.69) is 43.3 Å². The highest BCUT2D eigenvalue weighted by Gasteiger charge is 2.02. The number of hydrogen-bond donors (Lipinski definition) is 1. The molecule has 0 fully saturated rings. The van der Waals surface area contributed by atoms with E-state index >= 15 is 0 Å². The highest BCUT2D eigenvalue weighted by Crippen LogP contribution is 2.23. The minimum Gasteiger partial charge on any atom is -0.389 e. The van der Waals surface area contributed by atoms with E-state index in [1.165, 1.54) is 16.7 Å². The fourth-order valence-electron chi connectivity index (χ4n) is 1.92. The van der Waals surface area contributed by atoms with Gasteiger partial charge >= 0.3 is 0 Å². The molecule has 2 rings (SSSR count). The molecule has 0 spiro atoms. The van der Waals surface area contributed by atoms with E-state index in [-0.39, 0.29) is 0 Å². The Labute approximate surface area is 103 Å². The van der Waals surface area contributed by atoms with Crippen LogP contribution in [0.3, 0.4) is 0 Å². The van der Waals surface area contributed by atoms with Gasteiger partial charge in [-0.25, -0.2) is 0 Å². The molecule has 1 nitrogen and oxygen atoms in total. The first-order valence-corrected chi connectivity index (χ1v) is 6.08. The average molecular weight is 226 g/mol. The van der Waals surface area contributed by atoms with Crippen LogP contribution in [0.2, 0.25) is 0 Å². The Morgan fingerprint density at radius 1 is 1.00 bits per heavy atom. The Bertz CT molecular complexity index is 483. The topological polar surface area (TPSA) is 20.2 Å². The Balaban J connectivity index is 2.32. The van der Waals surface area contributed by atoms with Crippen molar-refractivity contribution in [2.45, 2.75) is 26.4 Å². The molecule has 0 saturated carbocycles. The minimum atomic E-state index is -0.397. The van der Waals surface area contributed by atoms with Crippen molar-refractivity contribution in [1.82, 2.24) is 0 Å².